The second-order valence-corrected chi connectivity index (χ2v) is 6.01. The number of aromatic nitrogens is 1. The zero-order chi connectivity index (χ0) is 13.8. The molecule has 0 radical (unpaired) electrons. The first kappa shape index (κ1) is 14.8. The molecule has 0 saturated heterocycles. The zero-order valence-corrected chi connectivity index (χ0v) is 12.6. The first-order valence-electron chi connectivity index (χ1n) is 6.78. The summed E-state index contributed by atoms with van der Waals surface area (Å²) in [5.74, 6) is 0. The Labute approximate surface area is 112 Å². The Hall–Kier alpha value is -1.25. The van der Waals surface area contributed by atoms with Crippen molar-refractivity contribution in [2.24, 2.45) is 5.41 Å². The summed E-state index contributed by atoms with van der Waals surface area (Å²) in [4.78, 5) is 6.61. The number of nitrogens with zero attached hydrogens (tertiary/aromatic N) is 2. The maximum Gasteiger partial charge on any atom is 0.0573 e. The van der Waals surface area contributed by atoms with Crippen LogP contribution in [0.1, 0.15) is 41.0 Å². The molecular formula is C15H27N3. The lowest BCUT2D eigenvalue weighted by Gasteiger charge is -2.36. The van der Waals surface area contributed by atoms with E-state index in [0.29, 0.717) is 6.04 Å². The van der Waals surface area contributed by atoms with Gasteiger partial charge in [0.1, 0.15) is 0 Å². The third-order valence-electron chi connectivity index (χ3n) is 3.54. The fourth-order valence-corrected chi connectivity index (χ4v) is 1.79. The van der Waals surface area contributed by atoms with Gasteiger partial charge < -0.3 is 10.2 Å². The van der Waals surface area contributed by atoms with Gasteiger partial charge in [0.2, 0.25) is 0 Å². The molecule has 0 spiro atoms. The minimum Gasteiger partial charge on any atom is -0.384 e. The number of hydrogen-bond donors (Lipinski definition) is 1. The molecule has 0 fully saturated rings. The Bertz CT molecular complexity index is 368. The van der Waals surface area contributed by atoms with Gasteiger partial charge in [-0.2, -0.15) is 0 Å². The highest BCUT2D eigenvalue weighted by Gasteiger charge is 2.24. The first-order valence-corrected chi connectivity index (χ1v) is 6.78. The molecule has 18 heavy (non-hydrogen) atoms. The van der Waals surface area contributed by atoms with Crippen molar-refractivity contribution in [2.75, 3.05) is 23.8 Å². The van der Waals surface area contributed by atoms with E-state index in [4.69, 9.17) is 0 Å². The summed E-state index contributed by atoms with van der Waals surface area (Å²) in [6.07, 6.45) is 4.94. The minimum atomic E-state index is 0.252. The van der Waals surface area contributed by atoms with Crippen molar-refractivity contribution < 1.29 is 0 Å². The molecule has 0 aliphatic heterocycles. The van der Waals surface area contributed by atoms with Crippen LogP contribution in [-0.4, -0.2) is 24.6 Å². The quantitative estimate of drug-likeness (QED) is 0.861. The van der Waals surface area contributed by atoms with E-state index in [0.717, 1.165) is 18.7 Å². The van der Waals surface area contributed by atoms with Crippen LogP contribution in [0.5, 0.6) is 0 Å². The molecule has 1 aromatic heterocycles. The Morgan fingerprint density at radius 2 is 2.00 bits per heavy atom. The van der Waals surface area contributed by atoms with E-state index in [1.165, 1.54) is 5.69 Å². The molecular weight excluding hydrogens is 222 g/mol. The van der Waals surface area contributed by atoms with Gasteiger partial charge in [0.15, 0.2) is 0 Å². The normalized spacial score (nSPS) is 13.2. The molecule has 1 atom stereocenters. The lowest BCUT2D eigenvalue weighted by molar-refractivity contribution is 0.329. The second-order valence-electron chi connectivity index (χ2n) is 6.01. The van der Waals surface area contributed by atoms with Crippen LogP contribution in [0.25, 0.3) is 0 Å². The van der Waals surface area contributed by atoms with Crippen molar-refractivity contribution in [3.63, 3.8) is 0 Å². The fourth-order valence-electron chi connectivity index (χ4n) is 1.79. The molecule has 1 aromatic rings. The van der Waals surface area contributed by atoms with Crippen molar-refractivity contribution in [3.8, 4) is 0 Å². The lowest BCUT2D eigenvalue weighted by Crippen LogP contribution is -2.39. The third-order valence-corrected chi connectivity index (χ3v) is 3.54. The average Bonchev–Trinajstić information content (AvgIpc) is 2.33. The van der Waals surface area contributed by atoms with E-state index >= 15 is 0 Å². The van der Waals surface area contributed by atoms with Crippen LogP contribution in [0.2, 0.25) is 0 Å². The van der Waals surface area contributed by atoms with Crippen LogP contribution in [-0.2, 0) is 0 Å². The SMILES string of the molecule is CCCNc1cncc(N(C)C(C)C(C)(C)C)c1. The van der Waals surface area contributed by atoms with Gasteiger partial charge in [0, 0.05) is 19.6 Å². The molecule has 0 amide bonds. The molecule has 1 unspecified atom stereocenters. The minimum absolute atomic E-state index is 0.252. The monoisotopic (exact) mass is 249 g/mol. The summed E-state index contributed by atoms with van der Waals surface area (Å²) in [6.45, 7) is 12.2. The lowest BCUT2D eigenvalue weighted by atomic mass is 9.87. The van der Waals surface area contributed by atoms with Crippen LogP contribution in [0.3, 0.4) is 0 Å². The van der Waals surface area contributed by atoms with E-state index in [-0.39, 0.29) is 5.41 Å². The largest absolute Gasteiger partial charge is 0.384 e. The summed E-state index contributed by atoms with van der Waals surface area (Å²) >= 11 is 0. The highest BCUT2D eigenvalue weighted by Crippen LogP contribution is 2.27. The average molecular weight is 249 g/mol. The van der Waals surface area contributed by atoms with Crippen molar-refractivity contribution in [1.29, 1.82) is 0 Å². The summed E-state index contributed by atoms with van der Waals surface area (Å²) < 4.78 is 0. The Kier molecular flexibility index (Phi) is 5.00. The molecule has 0 aliphatic rings. The van der Waals surface area contributed by atoms with Crippen LogP contribution in [0, 0.1) is 5.41 Å². The van der Waals surface area contributed by atoms with E-state index in [2.05, 4.69) is 62.9 Å². The molecule has 102 valence electrons. The van der Waals surface area contributed by atoms with Gasteiger partial charge in [-0.25, -0.2) is 0 Å². The Morgan fingerprint density at radius 1 is 1.33 bits per heavy atom. The van der Waals surface area contributed by atoms with Gasteiger partial charge in [-0.05, 0) is 24.8 Å². The molecule has 0 saturated carbocycles. The fraction of sp³-hybridized carbons (Fsp3) is 0.667. The van der Waals surface area contributed by atoms with E-state index in [1.54, 1.807) is 0 Å². The van der Waals surface area contributed by atoms with Crippen molar-refractivity contribution in [3.05, 3.63) is 18.5 Å². The molecule has 1 rings (SSSR count). The highest BCUT2D eigenvalue weighted by atomic mass is 15.1. The summed E-state index contributed by atoms with van der Waals surface area (Å²) in [7, 11) is 2.14. The molecule has 3 heteroatoms. The van der Waals surface area contributed by atoms with Crippen molar-refractivity contribution in [2.45, 2.75) is 47.1 Å². The molecule has 0 bridgehead atoms. The Balaban J connectivity index is 2.82. The smallest absolute Gasteiger partial charge is 0.0573 e. The van der Waals surface area contributed by atoms with E-state index in [1.807, 2.05) is 12.4 Å². The van der Waals surface area contributed by atoms with Crippen molar-refractivity contribution in [1.82, 2.24) is 4.98 Å². The van der Waals surface area contributed by atoms with Gasteiger partial charge in [0.25, 0.3) is 0 Å². The molecule has 1 heterocycles. The standard InChI is InChI=1S/C15H27N3/c1-7-8-17-13-9-14(11-16-10-13)18(6)12(2)15(3,4)5/h9-12,17H,7-8H2,1-6H3. The van der Waals surface area contributed by atoms with Crippen LogP contribution < -0.4 is 10.2 Å². The van der Waals surface area contributed by atoms with Gasteiger partial charge in [0.05, 0.1) is 23.8 Å². The maximum absolute atomic E-state index is 4.32. The van der Waals surface area contributed by atoms with Crippen LogP contribution in [0.4, 0.5) is 11.4 Å². The topological polar surface area (TPSA) is 28.2 Å². The van der Waals surface area contributed by atoms with Gasteiger partial charge in [-0.15, -0.1) is 0 Å². The zero-order valence-electron chi connectivity index (χ0n) is 12.6. The maximum atomic E-state index is 4.32. The predicted molar refractivity (Wildman–Crippen MR) is 80.3 cm³/mol. The highest BCUT2D eigenvalue weighted by molar-refractivity contribution is 5.55. The van der Waals surface area contributed by atoms with E-state index < -0.39 is 0 Å². The summed E-state index contributed by atoms with van der Waals surface area (Å²) in [5.41, 5.74) is 2.52. The predicted octanol–water partition coefficient (Wildman–Crippen LogP) is 3.77. The van der Waals surface area contributed by atoms with E-state index in [9.17, 15) is 0 Å². The number of pyridine rings is 1. The number of nitrogens with one attached hydrogen (secondary N) is 1. The van der Waals surface area contributed by atoms with Gasteiger partial charge in [-0.1, -0.05) is 27.7 Å². The number of anilines is 2. The first-order chi connectivity index (χ1) is 8.36. The second kappa shape index (κ2) is 6.07. The molecule has 3 nitrogen and oxygen atoms in total. The molecule has 1 N–H and O–H groups in total. The third kappa shape index (κ3) is 3.90. The van der Waals surface area contributed by atoms with Crippen molar-refractivity contribution >= 4 is 11.4 Å². The molecule has 0 aromatic carbocycles. The summed E-state index contributed by atoms with van der Waals surface area (Å²) in [5, 5.41) is 3.38. The number of hydrogen-bond acceptors (Lipinski definition) is 3. The van der Waals surface area contributed by atoms with Gasteiger partial charge >= 0.3 is 0 Å². The Morgan fingerprint density at radius 3 is 2.56 bits per heavy atom. The molecule has 0 aliphatic carbocycles. The summed E-state index contributed by atoms with van der Waals surface area (Å²) in [6, 6.07) is 2.63. The number of rotatable bonds is 5. The van der Waals surface area contributed by atoms with Gasteiger partial charge in [-0.3, -0.25) is 4.98 Å². The van der Waals surface area contributed by atoms with Crippen LogP contribution >= 0.6 is 0 Å². The van der Waals surface area contributed by atoms with Crippen LogP contribution in [0.15, 0.2) is 18.5 Å².